The fourth-order valence-corrected chi connectivity index (χ4v) is 1.60. The van der Waals surface area contributed by atoms with E-state index in [1.165, 1.54) is 0 Å². The van der Waals surface area contributed by atoms with Crippen LogP contribution in [0, 0.1) is 11.6 Å². The average Bonchev–Trinajstić information content (AvgIpc) is 2.32. The van der Waals surface area contributed by atoms with Crippen LogP contribution in [0.15, 0.2) is 12.1 Å². The number of ether oxygens (including phenoxy) is 1. The SMILES string of the molecule is CCOC(C)(C)CNC(=O)c1c(F)ccc(N)c1F. The van der Waals surface area contributed by atoms with E-state index in [1.54, 1.807) is 13.8 Å². The Labute approximate surface area is 110 Å². The Bertz CT molecular complexity index is 476. The number of nitrogen functional groups attached to an aromatic ring is 1. The minimum atomic E-state index is -1.05. The van der Waals surface area contributed by atoms with E-state index in [0.717, 1.165) is 12.1 Å². The van der Waals surface area contributed by atoms with E-state index < -0.39 is 28.7 Å². The summed E-state index contributed by atoms with van der Waals surface area (Å²) in [6.45, 7) is 5.96. The van der Waals surface area contributed by atoms with Crippen LogP contribution in [0.5, 0.6) is 0 Å². The molecule has 1 amide bonds. The van der Waals surface area contributed by atoms with Gasteiger partial charge in [0, 0.05) is 13.2 Å². The molecule has 0 aliphatic carbocycles. The van der Waals surface area contributed by atoms with Crippen molar-refractivity contribution in [1.82, 2.24) is 5.32 Å². The van der Waals surface area contributed by atoms with E-state index in [9.17, 15) is 13.6 Å². The van der Waals surface area contributed by atoms with Gasteiger partial charge in [-0.05, 0) is 32.9 Å². The van der Waals surface area contributed by atoms with Gasteiger partial charge in [0.05, 0.1) is 11.3 Å². The molecule has 0 unspecified atom stereocenters. The van der Waals surface area contributed by atoms with Crippen LogP contribution in [0.2, 0.25) is 0 Å². The smallest absolute Gasteiger partial charge is 0.257 e. The highest BCUT2D eigenvalue weighted by atomic mass is 19.1. The van der Waals surface area contributed by atoms with Crippen molar-refractivity contribution in [2.24, 2.45) is 0 Å². The third kappa shape index (κ3) is 3.89. The average molecular weight is 272 g/mol. The molecule has 4 nitrogen and oxygen atoms in total. The maximum absolute atomic E-state index is 13.6. The fraction of sp³-hybridized carbons (Fsp3) is 0.462. The third-order valence-corrected chi connectivity index (χ3v) is 2.56. The van der Waals surface area contributed by atoms with Gasteiger partial charge in [-0.15, -0.1) is 0 Å². The topological polar surface area (TPSA) is 64.3 Å². The Hall–Kier alpha value is -1.69. The summed E-state index contributed by atoms with van der Waals surface area (Å²) in [5.41, 5.74) is 3.76. The number of benzene rings is 1. The molecule has 0 spiro atoms. The first kappa shape index (κ1) is 15.4. The van der Waals surface area contributed by atoms with E-state index in [4.69, 9.17) is 10.5 Å². The van der Waals surface area contributed by atoms with E-state index in [-0.39, 0.29) is 12.2 Å². The zero-order valence-electron chi connectivity index (χ0n) is 11.2. The van der Waals surface area contributed by atoms with E-state index in [0.29, 0.717) is 6.61 Å². The summed E-state index contributed by atoms with van der Waals surface area (Å²) in [6.07, 6.45) is 0. The standard InChI is InChI=1S/C13H18F2N2O2/c1-4-19-13(2,3)7-17-12(18)10-8(14)5-6-9(16)11(10)15/h5-6H,4,7,16H2,1-3H3,(H,17,18). The summed E-state index contributed by atoms with van der Waals surface area (Å²) in [5, 5.41) is 2.43. The number of halogens is 2. The molecule has 6 heteroatoms. The van der Waals surface area contributed by atoms with Crippen molar-refractivity contribution in [3.8, 4) is 0 Å². The maximum Gasteiger partial charge on any atom is 0.257 e. The highest BCUT2D eigenvalue weighted by Crippen LogP contribution is 2.18. The summed E-state index contributed by atoms with van der Waals surface area (Å²) in [7, 11) is 0. The summed E-state index contributed by atoms with van der Waals surface area (Å²) in [6, 6.07) is 2.03. The normalized spacial score (nSPS) is 11.4. The Morgan fingerprint density at radius 2 is 2.05 bits per heavy atom. The van der Waals surface area contributed by atoms with Crippen LogP contribution in [0.25, 0.3) is 0 Å². The van der Waals surface area contributed by atoms with Gasteiger partial charge in [-0.2, -0.15) is 0 Å². The molecule has 0 radical (unpaired) electrons. The van der Waals surface area contributed by atoms with Crippen LogP contribution in [0.3, 0.4) is 0 Å². The van der Waals surface area contributed by atoms with Gasteiger partial charge in [0.25, 0.3) is 5.91 Å². The van der Waals surface area contributed by atoms with Crippen molar-refractivity contribution in [1.29, 1.82) is 0 Å². The first-order valence-electron chi connectivity index (χ1n) is 5.94. The number of nitrogens with two attached hydrogens (primary N) is 1. The van der Waals surface area contributed by atoms with Crippen molar-refractivity contribution in [3.05, 3.63) is 29.3 Å². The van der Waals surface area contributed by atoms with E-state index >= 15 is 0 Å². The summed E-state index contributed by atoms with van der Waals surface area (Å²) < 4.78 is 32.5. The van der Waals surface area contributed by atoms with Crippen molar-refractivity contribution in [2.45, 2.75) is 26.4 Å². The molecular weight excluding hydrogens is 254 g/mol. The molecule has 0 aromatic heterocycles. The second-order valence-corrected chi connectivity index (χ2v) is 4.70. The van der Waals surface area contributed by atoms with Crippen LogP contribution in [0.1, 0.15) is 31.1 Å². The second-order valence-electron chi connectivity index (χ2n) is 4.70. The quantitative estimate of drug-likeness (QED) is 0.807. The van der Waals surface area contributed by atoms with Gasteiger partial charge in [0.1, 0.15) is 11.4 Å². The lowest BCUT2D eigenvalue weighted by Crippen LogP contribution is -2.41. The zero-order chi connectivity index (χ0) is 14.6. The van der Waals surface area contributed by atoms with Gasteiger partial charge in [0.2, 0.25) is 0 Å². The Kier molecular flexibility index (Phi) is 4.83. The molecule has 106 valence electrons. The molecule has 3 N–H and O–H groups in total. The first-order valence-corrected chi connectivity index (χ1v) is 5.94. The number of carbonyl (C=O) groups excluding carboxylic acids is 1. The number of amides is 1. The Morgan fingerprint density at radius 1 is 1.42 bits per heavy atom. The second kappa shape index (κ2) is 5.97. The molecule has 0 heterocycles. The molecule has 0 atom stereocenters. The van der Waals surface area contributed by atoms with Crippen molar-refractivity contribution in [2.75, 3.05) is 18.9 Å². The number of hydrogen-bond acceptors (Lipinski definition) is 3. The van der Waals surface area contributed by atoms with Crippen molar-refractivity contribution >= 4 is 11.6 Å². The first-order chi connectivity index (χ1) is 8.78. The number of rotatable bonds is 5. The minimum absolute atomic E-state index is 0.132. The number of hydrogen-bond donors (Lipinski definition) is 2. The molecule has 0 saturated carbocycles. The predicted molar refractivity (Wildman–Crippen MR) is 68.8 cm³/mol. The van der Waals surface area contributed by atoms with Gasteiger partial charge < -0.3 is 15.8 Å². The minimum Gasteiger partial charge on any atom is -0.396 e. The van der Waals surface area contributed by atoms with E-state index in [2.05, 4.69) is 5.32 Å². The summed E-state index contributed by atoms with van der Waals surface area (Å²) in [5.74, 6) is -2.85. The highest BCUT2D eigenvalue weighted by Gasteiger charge is 2.23. The van der Waals surface area contributed by atoms with Crippen LogP contribution in [-0.4, -0.2) is 24.7 Å². The highest BCUT2D eigenvalue weighted by molar-refractivity contribution is 5.95. The van der Waals surface area contributed by atoms with Gasteiger partial charge in [-0.1, -0.05) is 0 Å². The lowest BCUT2D eigenvalue weighted by atomic mass is 10.1. The number of carbonyl (C=O) groups is 1. The predicted octanol–water partition coefficient (Wildman–Crippen LogP) is 2.09. The van der Waals surface area contributed by atoms with Crippen LogP contribution in [-0.2, 0) is 4.74 Å². The maximum atomic E-state index is 13.6. The zero-order valence-corrected chi connectivity index (χ0v) is 11.2. The molecule has 0 bridgehead atoms. The van der Waals surface area contributed by atoms with Gasteiger partial charge in [0.15, 0.2) is 5.82 Å². The van der Waals surface area contributed by atoms with Crippen molar-refractivity contribution in [3.63, 3.8) is 0 Å². The molecule has 1 aromatic carbocycles. The van der Waals surface area contributed by atoms with Gasteiger partial charge in [-0.3, -0.25) is 4.79 Å². The largest absolute Gasteiger partial charge is 0.396 e. The van der Waals surface area contributed by atoms with E-state index in [1.807, 2.05) is 6.92 Å². The molecule has 19 heavy (non-hydrogen) atoms. The van der Waals surface area contributed by atoms with Crippen LogP contribution in [0.4, 0.5) is 14.5 Å². The monoisotopic (exact) mass is 272 g/mol. The summed E-state index contributed by atoms with van der Waals surface area (Å²) >= 11 is 0. The molecule has 1 rings (SSSR count). The molecule has 0 aliphatic rings. The lowest BCUT2D eigenvalue weighted by Gasteiger charge is -2.25. The molecule has 0 saturated heterocycles. The number of nitrogens with one attached hydrogen (secondary N) is 1. The fourth-order valence-electron chi connectivity index (χ4n) is 1.60. The lowest BCUT2D eigenvalue weighted by molar-refractivity contribution is -0.00821. The molecule has 0 fully saturated rings. The van der Waals surface area contributed by atoms with Crippen LogP contribution < -0.4 is 11.1 Å². The molecular formula is C13H18F2N2O2. The summed E-state index contributed by atoms with van der Waals surface area (Å²) in [4.78, 5) is 11.8. The van der Waals surface area contributed by atoms with Crippen molar-refractivity contribution < 1.29 is 18.3 Å². The molecule has 0 aliphatic heterocycles. The Balaban J connectivity index is 2.83. The van der Waals surface area contributed by atoms with Gasteiger partial charge >= 0.3 is 0 Å². The van der Waals surface area contributed by atoms with Gasteiger partial charge in [-0.25, -0.2) is 8.78 Å². The Morgan fingerprint density at radius 3 is 2.63 bits per heavy atom. The molecule has 1 aromatic rings. The third-order valence-electron chi connectivity index (χ3n) is 2.56. The number of anilines is 1. The van der Waals surface area contributed by atoms with Crippen LogP contribution >= 0.6 is 0 Å².